The number of carbonyl (C=O) groups is 4. The van der Waals surface area contributed by atoms with Crippen LogP contribution < -0.4 is 16.0 Å². The van der Waals surface area contributed by atoms with Crippen LogP contribution in [0.3, 0.4) is 0 Å². The number of carboxylic acid groups (broad SMARTS) is 1. The molecule has 1 aromatic heterocycles. The molecule has 4 aliphatic carbocycles. The fourth-order valence-corrected chi connectivity index (χ4v) is 8.25. The minimum atomic E-state index is -1.38. The highest BCUT2D eigenvalue weighted by Crippen LogP contribution is 2.54. The third-order valence-electron chi connectivity index (χ3n) is 10.3. The third-order valence-corrected chi connectivity index (χ3v) is 10.3. The molecule has 10 heteroatoms. The summed E-state index contributed by atoms with van der Waals surface area (Å²) in [6.45, 7) is 1.81. The summed E-state index contributed by atoms with van der Waals surface area (Å²) in [6, 6.07) is 16.9. The van der Waals surface area contributed by atoms with Crippen molar-refractivity contribution in [3.8, 4) is 0 Å². The van der Waals surface area contributed by atoms with Gasteiger partial charge < -0.3 is 30.8 Å². The van der Waals surface area contributed by atoms with Crippen LogP contribution in [0.5, 0.6) is 0 Å². The molecule has 1 heterocycles. The van der Waals surface area contributed by atoms with Gasteiger partial charge in [0.25, 0.3) is 0 Å². The predicted octanol–water partition coefficient (Wildman–Crippen LogP) is 4.73. The Morgan fingerprint density at radius 1 is 0.935 bits per heavy atom. The number of carbonyl (C=O) groups excluding carboxylic acids is 3. The maximum Gasteiger partial charge on any atom is 0.408 e. The van der Waals surface area contributed by atoms with Crippen molar-refractivity contribution in [3.05, 3.63) is 71.9 Å². The van der Waals surface area contributed by atoms with Crippen molar-refractivity contribution in [2.24, 2.45) is 23.7 Å². The van der Waals surface area contributed by atoms with Gasteiger partial charge in [-0.3, -0.25) is 14.4 Å². The summed E-state index contributed by atoms with van der Waals surface area (Å²) in [6.07, 6.45) is 7.10. The van der Waals surface area contributed by atoms with Crippen LogP contribution in [0.25, 0.3) is 10.9 Å². The number of aromatic amines is 1. The summed E-state index contributed by atoms with van der Waals surface area (Å²) in [7, 11) is 0. The zero-order chi connectivity index (χ0) is 32.3. The summed E-state index contributed by atoms with van der Waals surface area (Å²) in [4.78, 5) is 54.5. The van der Waals surface area contributed by atoms with Gasteiger partial charge >= 0.3 is 12.1 Å². The average Bonchev–Trinajstić information content (AvgIpc) is 3.43. The number of para-hydroxylation sites is 1. The molecule has 4 saturated carbocycles. The molecule has 4 fully saturated rings. The molecule has 46 heavy (non-hydrogen) atoms. The van der Waals surface area contributed by atoms with E-state index in [4.69, 9.17) is 9.84 Å². The van der Waals surface area contributed by atoms with Gasteiger partial charge in [0.15, 0.2) is 0 Å². The molecular weight excluding hydrogens is 584 g/mol. The van der Waals surface area contributed by atoms with E-state index in [-0.39, 0.29) is 31.9 Å². The standard InChI is InChI=1S/C36H44N4O6/c1-36(19-27-20-37-30-10-6-5-9-29(27)30,40-35(45)46-33-25-14-23-13-24(16-25)17-26(33)15-23)34(44)39-28(18-22-7-3-2-4-8-22)21-38-31(41)11-12-32(42)43/h2-10,20,23-26,28,33,37H,11-19,21H2,1H3,(H,38,41)(H,39,44)(H,40,45)(H,42,43)/t23?,24?,25?,26?,28-,33?,36?/m1/s1. The van der Waals surface area contributed by atoms with Crippen molar-refractivity contribution < 1.29 is 29.0 Å². The third kappa shape index (κ3) is 7.37. The Balaban J connectivity index is 1.20. The lowest BCUT2D eigenvalue weighted by Gasteiger charge is -2.53. The van der Waals surface area contributed by atoms with Gasteiger partial charge in [-0.2, -0.15) is 0 Å². The molecule has 0 saturated heterocycles. The Bertz CT molecular complexity index is 1540. The zero-order valence-corrected chi connectivity index (χ0v) is 26.3. The van der Waals surface area contributed by atoms with E-state index in [1.54, 1.807) is 6.92 Å². The molecule has 0 spiro atoms. The van der Waals surface area contributed by atoms with Gasteiger partial charge in [0.2, 0.25) is 11.8 Å². The van der Waals surface area contributed by atoms with Gasteiger partial charge in [0.05, 0.1) is 12.5 Å². The van der Waals surface area contributed by atoms with E-state index in [1.807, 2.05) is 60.8 Å². The highest BCUT2D eigenvalue weighted by atomic mass is 16.6. The number of carboxylic acids is 1. The fourth-order valence-electron chi connectivity index (χ4n) is 8.25. The maximum absolute atomic E-state index is 14.3. The first-order chi connectivity index (χ1) is 22.1. The van der Waals surface area contributed by atoms with Gasteiger partial charge in [-0.15, -0.1) is 0 Å². The van der Waals surface area contributed by atoms with E-state index in [1.165, 1.54) is 6.42 Å². The van der Waals surface area contributed by atoms with Crippen molar-refractivity contribution >= 4 is 34.8 Å². The number of benzene rings is 2. The molecule has 4 bridgehead atoms. The SMILES string of the molecule is CC(Cc1c[nH]c2ccccc12)(NC(=O)OC1C2CC3CC(C2)CC1C3)C(=O)N[C@@H](CNC(=O)CCC(=O)O)Cc1ccccc1. The van der Waals surface area contributed by atoms with Crippen molar-refractivity contribution in [2.45, 2.75) is 82.4 Å². The monoisotopic (exact) mass is 628 g/mol. The molecular formula is C36H44N4O6. The second kappa shape index (κ2) is 13.6. The summed E-state index contributed by atoms with van der Waals surface area (Å²) in [5, 5.41) is 18.8. The fraction of sp³-hybridized carbons (Fsp3) is 0.500. The second-order valence-electron chi connectivity index (χ2n) is 13.9. The second-order valence-corrected chi connectivity index (χ2v) is 13.9. The molecule has 10 nitrogen and oxygen atoms in total. The number of alkyl carbamates (subject to hydrolysis) is 1. The van der Waals surface area contributed by atoms with Crippen molar-refractivity contribution in [3.63, 3.8) is 0 Å². The molecule has 3 aromatic rings. The molecule has 0 aliphatic heterocycles. The first-order valence-electron chi connectivity index (χ1n) is 16.5. The minimum absolute atomic E-state index is 0.0977. The number of aliphatic carboxylic acids is 1. The summed E-state index contributed by atoms with van der Waals surface area (Å²) in [5.74, 6) is 0.397. The van der Waals surface area contributed by atoms with Gasteiger partial charge in [-0.25, -0.2) is 4.79 Å². The van der Waals surface area contributed by atoms with Crippen LogP contribution in [0.2, 0.25) is 0 Å². The Kier molecular flexibility index (Phi) is 9.33. The van der Waals surface area contributed by atoms with Crippen LogP contribution in [0, 0.1) is 23.7 Å². The number of aromatic nitrogens is 1. The number of ether oxygens (including phenoxy) is 1. The number of rotatable bonds is 13. The zero-order valence-electron chi connectivity index (χ0n) is 26.3. The molecule has 3 amide bonds. The van der Waals surface area contributed by atoms with Gasteiger partial charge in [-0.05, 0) is 86.3 Å². The average molecular weight is 629 g/mol. The molecule has 7 rings (SSSR count). The first kappa shape index (κ1) is 31.6. The van der Waals surface area contributed by atoms with E-state index in [0.29, 0.717) is 18.3 Å². The van der Waals surface area contributed by atoms with Crippen LogP contribution in [0.15, 0.2) is 60.8 Å². The van der Waals surface area contributed by atoms with Crippen molar-refractivity contribution in [2.75, 3.05) is 6.54 Å². The Morgan fingerprint density at radius 2 is 1.61 bits per heavy atom. The highest BCUT2D eigenvalue weighted by molar-refractivity contribution is 5.92. The van der Waals surface area contributed by atoms with Crippen LogP contribution in [-0.2, 0) is 32.0 Å². The molecule has 1 unspecified atom stereocenters. The van der Waals surface area contributed by atoms with Gasteiger partial charge in [-0.1, -0.05) is 48.5 Å². The number of H-pyrrole nitrogens is 1. The van der Waals surface area contributed by atoms with E-state index in [9.17, 15) is 19.2 Å². The summed E-state index contributed by atoms with van der Waals surface area (Å²) >= 11 is 0. The largest absolute Gasteiger partial charge is 0.481 e. The number of amides is 3. The topological polar surface area (TPSA) is 150 Å². The minimum Gasteiger partial charge on any atom is -0.481 e. The lowest BCUT2D eigenvalue weighted by Crippen LogP contribution is -2.62. The lowest BCUT2D eigenvalue weighted by atomic mass is 9.55. The predicted molar refractivity (Wildman–Crippen MR) is 173 cm³/mol. The van der Waals surface area contributed by atoms with Crippen molar-refractivity contribution in [1.29, 1.82) is 0 Å². The van der Waals surface area contributed by atoms with Crippen LogP contribution >= 0.6 is 0 Å². The normalized spacial score (nSPS) is 24.9. The van der Waals surface area contributed by atoms with E-state index in [2.05, 4.69) is 20.9 Å². The number of hydrogen-bond donors (Lipinski definition) is 5. The number of hydrogen-bond acceptors (Lipinski definition) is 5. The quantitative estimate of drug-likeness (QED) is 0.185. The Hall–Kier alpha value is -4.34. The smallest absolute Gasteiger partial charge is 0.408 e. The number of nitrogens with one attached hydrogen (secondary N) is 4. The van der Waals surface area contributed by atoms with Gasteiger partial charge in [0.1, 0.15) is 11.6 Å². The Morgan fingerprint density at radius 3 is 2.30 bits per heavy atom. The lowest BCUT2D eigenvalue weighted by molar-refractivity contribution is -0.138. The highest BCUT2D eigenvalue weighted by Gasteiger charge is 2.50. The first-order valence-corrected chi connectivity index (χ1v) is 16.5. The van der Waals surface area contributed by atoms with Crippen LogP contribution in [0.1, 0.15) is 63.0 Å². The van der Waals surface area contributed by atoms with Crippen LogP contribution in [-0.4, -0.2) is 58.2 Å². The summed E-state index contributed by atoms with van der Waals surface area (Å²) < 4.78 is 6.16. The maximum atomic E-state index is 14.3. The van der Waals surface area contributed by atoms with Gasteiger partial charge in [0, 0.05) is 36.5 Å². The van der Waals surface area contributed by atoms with Crippen molar-refractivity contribution in [1.82, 2.24) is 20.9 Å². The van der Waals surface area contributed by atoms with E-state index < -0.39 is 35.5 Å². The number of fused-ring (bicyclic) bond motifs is 1. The molecule has 244 valence electrons. The molecule has 4 aliphatic rings. The summed E-state index contributed by atoms with van der Waals surface area (Å²) in [5.41, 5.74) is 1.39. The van der Waals surface area contributed by atoms with E-state index >= 15 is 0 Å². The molecule has 2 atom stereocenters. The molecule has 0 radical (unpaired) electrons. The van der Waals surface area contributed by atoms with E-state index in [0.717, 1.165) is 59.5 Å². The molecule has 2 aromatic carbocycles. The Labute approximate surface area is 269 Å². The molecule has 5 N–H and O–H groups in total. The van der Waals surface area contributed by atoms with Crippen LogP contribution in [0.4, 0.5) is 4.79 Å².